The monoisotopic (exact) mass is 229 g/mol. The third-order valence-electron chi connectivity index (χ3n) is 2.27. The zero-order valence-corrected chi connectivity index (χ0v) is 11.8. The lowest BCUT2D eigenvalue weighted by Crippen LogP contribution is -2.51. The van der Waals surface area contributed by atoms with Crippen molar-refractivity contribution in [2.45, 2.75) is 59.5 Å². The summed E-state index contributed by atoms with van der Waals surface area (Å²) in [5.41, 5.74) is -0.365. The summed E-state index contributed by atoms with van der Waals surface area (Å²) < 4.78 is 5.06. The van der Waals surface area contributed by atoms with Gasteiger partial charge in [0.1, 0.15) is 0 Å². The van der Waals surface area contributed by atoms with Gasteiger partial charge < -0.3 is 10.1 Å². The molecule has 0 aromatic carbocycles. The molecule has 1 unspecified atom stereocenters. The Balaban J connectivity index is 4.61. The molecule has 96 valence electrons. The fourth-order valence-corrected chi connectivity index (χ4v) is 1.55. The topological polar surface area (TPSA) is 38.3 Å². The summed E-state index contributed by atoms with van der Waals surface area (Å²) in [5, 5.41) is 3.37. The molecule has 0 saturated heterocycles. The minimum atomic E-state index is -0.309. The Morgan fingerprint density at radius 1 is 1.19 bits per heavy atom. The van der Waals surface area contributed by atoms with E-state index in [-0.39, 0.29) is 22.8 Å². The lowest BCUT2D eigenvalue weighted by atomic mass is 9.84. The van der Waals surface area contributed by atoms with E-state index in [1.54, 1.807) is 7.11 Å². The fourth-order valence-electron chi connectivity index (χ4n) is 1.55. The molecular weight excluding hydrogens is 202 g/mol. The van der Waals surface area contributed by atoms with Gasteiger partial charge in [-0.05, 0) is 27.2 Å². The zero-order chi connectivity index (χ0) is 13.0. The Kier molecular flexibility index (Phi) is 5.63. The maximum Gasteiger partial charge on any atom is 0.155 e. The standard InChI is InChI=1S/C13H27NO2/c1-12(2,3)11(15)10(8-9-16-7)14-13(4,5)6/h10,14H,8-9H2,1-7H3. The Bertz CT molecular complexity index is 223. The van der Waals surface area contributed by atoms with Crippen molar-refractivity contribution in [1.82, 2.24) is 5.32 Å². The van der Waals surface area contributed by atoms with Gasteiger partial charge >= 0.3 is 0 Å². The molecule has 0 bridgehead atoms. The van der Waals surface area contributed by atoms with Crippen LogP contribution in [0.1, 0.15) is 48.0 Å². The van der Waals surface area contributed by atoms with Gasteiger partial charge in [-0.2, -0.15) is 0 Å². The summed E-state index contributed by atoms with van der Waals surface area (Å²) in [7, 11) is 1.66. The van der Waals surface area contributed by atoms with Crippen LogP contribution in [-0.4, -0.2) is 31.1 Å². The minimum Gasteiger partial charge on any atom is -0.385 e. The van der Waals surface area contributed by atoms with Crippen LogP contribution in [0.3, 0.4) is 0 Å². The number of ether oxygens (including phenoxy) is 1. The number of Topliss-reactive ketones (excluding diaryl/α,β-unsaturated/α-hetero) is 1. The molecule has 0 aliphatic heterocycles. The van der Waals surface area contributed by atoms with Gasteiger partial charge in [0, 0.05) is 24.7 Å². The molecule has 0 aliphatic rings. The summed E-state index contributed by atoms with van der Waals surface area (Å²) in [6, 6.07) is -0.125. The van der Waals surface area contributed by atoms with Crippen LogP contribution < -0.4 is 5.32 Å². The highest BCUT2D eigenvalue weighted by Crippen LogP contribution is 2.19. The quantitative estimate of drug-likeness (QED) is 0.786. The van der Waals surface area contributed by atoms with E-state index >= 15 is 0 Å². The van der Waals surface area contributed by atoms with Crippen LogP contribution in [0.4, 0.5) is 0 Å². The minimum absolute atomic E-state index is 0.0562. The van der Waals surface area contributed by atoms with Gasteiger partial charge in [-0.3, -0.25) is 4.79 Å². The Morgan fingerprint density at radius 2 is 1.69 bits per heavy atom. The second kappa shape index (κ2) is 5.78. The third-order valence-corrected chi connectivity index (χ3v) is 2.27. The number of ketones is 1. The summed E-state index contributed by atoms with van der Waals surface area (Å²) in [6.07, 6.45) is 0.726. The first-order valence-electron chi connectivity index (χ1n) is 5.89. The zero-order valence-electron chi connectivity index (χ0n) is 11.8. The molecule has 0 spiro atoms. The van der Waals surface area contributed by atoms with Crippen LogP contribution in [0.25, 0.3) is 0 Å². The number of hydrogen-bond acceptors (Lipinski definition) is 3. The highest BCUT2D eigenvalue weighted by atomic mass is 16.5. The number of rotatable bonds is 5. The van der Waals surface area contributed by atoms with E-state index in [0.717, 1.165) is 6.42 Å². The summed E-state index contributed by atoms with van der Waals surface area (Å²) in [5.74, 6) is 0.250. The predicted octanol–water partition coefficient (Wildman–Crippen LogP) is 2.39. The molecule has 0 rings (SSSR count). The van der Waals surface area contributed by atoms with E-state index in [4.69, 9.17) is 4.74 Å². The van der Waals surface area contributed by atoms with Crippen LogP contribution in [-0.2, 0) is 9.53 Å². The van der Waals surface area contributed by atoms with Gasteiger partial charge in [0.15, 0.2) is 5.78 Å². The van der Waals surface area contributed by atoms with Crippen molar-refractivity contribution in [1.29, 1.82) is 0 Å². The molecule has 0 aromatic rings. The van der Waals surface area contributed by atoms with Crippen LogP contribution >= 0.6 is 0 Å². The van der Waals surface area contributed by atoms with Crippen molar-refractivity contribution in [3.63, 3.8) is 0 Å². The fraction of sp³-hybridized carbons (Fsp3) is 0.923. The normalized spacial score (nSPS) is 14.9. The van der Waals surface area contributed by atoms with Crippen molar-refractivity contribution in [2.75, 3.05) is 13.7 Å². The average Bonchev–Trinajstić information content (AvgIpc) is 2.07. The molecule has 0 heterocycles. The summed E-state index contributed by atoms with van der Waals surface area (Å²) in [4.78, 5) is 12.2. The van der Waals surface area contributed by atoms with Crippen molar-refractivity contribution in [3.8, 4) is 0 Å². The number of carbonyl (C=O) groups excluding carboxylic acids is 1. The lowest BCUT2D eigenvalue weighted by Gasteiger charge is -2.31. The molecule has 1 atom stereocenters. The van der Waals surface area contributed by atoms with Gasteiger partial charge in [-0.25, -0.2) is 0 Å². The Morgan fingerprint density at radius 3 is 2.00 bits per heavy atom. The van der Waals surface area contributed by atoms with Crippen molar-refractivity contribution < 1.29 is 9.53 Å². The molecule has 0 saturated carbocycles. The number of hydrogen-bond donors (Lipinski definition) is 1. The largest absolute Gasteiger partial charge is 0.385 e. The van der Waals surface area contributed by atoms with Crippen molar-refractivity contribution >= 4 is 5.78 Å². The molecule has 0 aromatic heterocycles. The van der Waals surface area contributed by atoms with Crippen LogP contribution in [0.5, 0.6) is 0 Å². The average molecular weight is 229 g/mol. The Hall–Kier alpha value is -0.410. The van der Waals surface area contributed by atoms with Crippen molar-refractivity contribution in [3.05, 3.63) is 0 Å². The van der Waals surface area contributed by atoms with Gasteiger partial charge in [-0.1, -0.05) is 20.8 Å². The first-order valence-corrected chi connectivity index (χ1v) is 5.89. The Labute approximate surface area is 99.9 Å². The molecule has 0 fully saturated rings. The number of methoxy groups -OCH3 is 1. The van der Waals surface area contributed by atoms with E-state index < -0.39 is 0 Å². The smallest absolute Gasteiger partial charge is 0.155 e. The molecule has 1 N–H and O–H groups in total. The second-order valence-electron chi connectivity index (χ2n) is 6.34. The first kappa shape index (κ1) is 15.6. The summed E-state index contributed by atoms with van der Waals surface area (Å²) >= 11 is 0. The van der Waals surface area contributed by atoms with Gasteiger partial charge in [0.25, 0.3) is 0 Å². The predicted molar refractivity (Wildman–Crippen MR) is 67.6 cm³/mol. The molecule has 16 heavy (non-hydrogen) atoms. The third kappa shape index (κ3) is 6.23. The highest BCUT2D eigenvalue weighted by molar-refractivity contribution is 5.88. The molecule has 0 radical (unpaired) electrons. The van der Waals surface area contributed by atoms with E-state index in [1.165, 1.54) is 0 Å². The maximum atomic E-state index is 12.2. The molecule has 3 nitrogen and oxygen atoms in total. The summed E-state index contributed by atoms with van der Waals surface area (Å²) in [6.45, 7) is 12.7. The van der Waals surface area contributed by atoms with Crippen LogP contribution in [0, 0.1) is 5.41 Å². The van der Waals surface area contributed by atoms with Crippen LogP contribution in [0.2, 0.25) is 0 Å². The SMILES string of the molecule is COCCC(NC(C)(C)C)C(=O)C(C)(C)C. The van der Waals surface area contributed by atoms with E-state index in [0.29, 0.717) is 6.61 Å². The maximum absolute atomic E-state index is 12.2. The van der Waals surface area contributed by atoms with E-state index in [1.807, 2.05) is 20.8 Å². The van der Waals surface area contributed by atoms with Gasteiger partial charge in [0.05, 0.1) is 6.04 Å². The number of carbonyl (C=O) groups is 1. The first-order chi connectivity index (χ1) is 7.08. The molecule has 0 aliphatic carbocycles. The van der Waals surface area contributed by atoms with Gasteiger partial charge in [-0.15, -0.1) is 0 Å². The van der Waals surface area contributed by atoms with Crippen LogP contribution in [0.15, 0.2) is 0 Å². The second-order valence-corrected chi connectivity index (χ2v) is 6.34. The van der Waals surface area contributed by atoms with Gasteiger partial charge in [0.2, 0.25) is 0 Å². The molecule has 3 heteroatoms. The van der Waals surface area contributed by atoms with E-state index in [9.17, 15) is 4.79 Å². The van der Waals surface area contributed by atoms with E-state index in [2.05, 4.69) is 26.1 Å². The van der Waals surface area contributed by atoms with Crippen molar-refractivity contribution in [2.24, 2.45) is 5.41 Å². The lowest BCUT2D eigenvalue weighted by molar-refractivity contribution is -0.129. The molecular formula is C13H27NO2. The molecule has 0 amide bonds. The number of nitrogens with one attached hydrogen (secondary N) is 1. The highest BCUT2D eigenvalue weighted by Gasteiger charge is 2.31.